The number of aryl methyl sites for hydroxylation is 2. The van der Waals surface area contributed by atoms with Crippen LogP contribution in [-0.2, 0) is 6.54 Å². The molecule has 0 heterocycles. The highest BCUT2D eigenvalue weighted by Crippen LogP contribution is 2.22. The summed E-state index contributed by atoms with van der Waals surface area (Å²) in [7, 11) is 0. The fraction of sp³-hybridized carbons (Fsp3) is 0.571. The number of phenols is 1. The summed E-state index contributed by atoms with van der Waals surface area (Å²) in [6, 6.07) is 3.78. The van der Waals surface area contributed by atoms with Crippen molar-refractivity contribution in [1.82, 2.24) is 5.32 Å². The molecule has 0 aliphatic heterocycles. The van der Waals surface area contributed by atoms with E-state index in [1.165, 1.54) is 5.56 Å². The molecule has 3 heteroatoms. The molecular weight excluding hydrogens is 214 g/mol. The number of nitrogens with one attached hydrogen (secondary N) is 1. The van der Waals surface area contributed by atoms with E-state index in [4.69, 9.17) is 0 Å². The Balaban J connectivity index is 2.79. The molecule has 0 saturated heterocycles. The second kappa shape index (κ2) is 5.52. The molecular formula is C14H23NO2. The van der Waals surface area contributed by atoms with Crippen LogP contribution in [0.3, 0.4) is 0 Å². The summed E-state index contributed by atoms with van der Waals surface area (Å²) in [5.41, 5.74) is 2.85. The van der Waals surface area contributed by atoms with E-state index in [1.807, 2.05) is 33.8 Å². The molecule has 0 spiro atoms. The van der Waals surface area contributed by atoms with Gasteiger partial charge in [0.2, 0.25) is 0 Å². The standard InChI is InChI=1S/C14H23NO2/c1-5-14(4,9-16)15-8-12-6-10(2)11(3)7-13(12)17/h6-7,15-17H,5,8-9H2,1-4H3. The number of phenolic OH excluding ortho intramolecular Hbond substituents is 1. The minimum Gasteiger partial charge on any atom is -0.508 e. The lowest BCUT2D eigenvalue weighted by Crippen LogP contribution is -2.44. The van der Waals surface area contributed by atoms with Crippen LogP contribution in [0.2, 0.25) is 0 Å². The van der Waals surface area contributed by atoms with Gasteiger partial charge < -0.3 is 15.5 Å². The molecule has 0 bridgehead atoms. The molecule has 3 N–H and O–H groups in total. The first-order valence-electron chi connectivity index (χ1n) is 6.07. The molecule has 1 unspecified atom stereocenters. The minimum absolute atomic E-state index is 0.0924. The molecule has 1 aromatic carbocycles. The molecule has 0 fully saturated rings. The van der Waals surface area contributed by atoms with Crippen LogP contribution in [0.15, 0.2) is 12.1 Å². The van der Waals surface area contributed by atoms with Crippen LogP contribution in [0.1, 0.15) is 37.0 Å². The highest BCUT2D eigenvalue weighted by Gasteiger charge is 2.20. The second-order valence-electron chi connectivity index (χ2n) is 4.99. The number of rotatable bonds is 5. The quantitative estimate of drug-likeness (QED) is 0.736. The van der Waals surface area contributed by atoms with Gasteiger partial charge >= 0.3 is 0 Å². The lowest BCUT2D eigenvalue weighted by Gasteiger charge is -2.27. The second-order valence-corrected chi connectivity index (χ2v) is 4.99. The molecule has 3 nitrogen and oxygen atoms in total. The average Bonchev–Trinajstić information content (AvgIpc) is 2.32. The zero-order valence-electron chi connectivity index (χ0n) is 11.2. The molecule has 0 aliphatic carbocycles. The molecule has 96 valence electrons. The molecule has 0 saturated carbocycles. The zero-order chi connectivity index (χ0) is 13.1. The SMILES string of the molecule is CCC(C)(CO)NCc1cc(C)c(C)cc1O. The van der Waals surface area contributed by atoms with E-state index < -0.39 is 0 Å². The predicted octanol–water partition coefficient (Wildman–Crippen LogP) is 2.26. The van der Waals surface area contributed by atoms with E-state index in [2.05, 4.69) is 5.32 Å². The smallest absolute Gasteiger partial charge is 0.120 e. The number of benzene rings is 1. The van der Waals surface area contributed by atoms with Crippen molar-refractivity contribution in [3.05, 3.63) is 28.8 Å². The van der Waals surface area contributed by atoms with Crippen molar-refractivity contribution in [3.8, 4) is 5.75 Å². The van der Waals surface area contributed by atoms with Gasteiger partial charge in [0, 0.05) is 17.6 Å². The molecule has 1 atom stereocenters. The first-order chi connectivity index (χ1) is 7.91. The third-order valence-electron chi connectivity index (χ3n) is 3.53. The summed E-state index contributed by atoms with van der Waals surface area (Å²) in [5, 5.41) is 22.5. The highest BCUT2D eigenvalue weighted by molar-refractivity contribution is 5.40. The number of aliphatic hydroxyl groups excluding tert-OH is 1. The van der Waals surface area contributed by atoms with Crippen LogP contribution in [0.4, 0.5) is 0 Å². The maximum absolute atomic E-state index is 9.86. The third kappa shape index (κ3) is 3.45. The molecule has 1 rings (SSSR count). The predicted molar refractivity (Wildman–Crippen MR) is 70.2 cm³/mol. The van der Waals surface area contributed by atoms with Gasteiger partial charge in [0.25, 0.3) is 0 Å². The average molecular weight is 237 g/mol. The van der Waals surface area contributed by atoms with Crippen molar-refractivity contribution in [3.63, 3.8) is 0 Å². The Labute approximate surface area is 103 Å². The van der Waals surface area contributed by atoms with Crippen LogP contribution in [-0.4, -0.2) is 22.4 Å². The maximum atomic E-state index is 9.86. The third-order valence-corrected chi connectivity index (χ3v) is 3.53. The number of hydrogen-bond donors (Lipinski definition) is 3. The fourth-order valence-corrected chi connectivity index (χ4v) is 1.60. The maximum Gasteiger partial charge on any atom is 0.120 e. The van der Waals surface area contributed by atoms with Gasteiger partial charge in [-0.3, -0.25) is 0 Å². The monoisotopic (exact) mass is 237 g/mol. The van der Waals surface area contributed by atoms with Crippen molar-refractivity contribution in [2.45, 2.75) is 46.2 Å². The molecule has 0 aromatic heterocycles. The zero-order valence-corrected chi connectivity index (χ0v) is 11.2. The molecule has 0 amide bonds. The Morgan fingerprint density at radius 2 is 1.82 bits per heavy atom. The summed E-state index contributed by atoms with van der Waals surface area (Å²) in [5.74, 6) is 0.317. The van der Waals surface area contributed by atoms with Crippen molar-refractivity contribution >= 4 is 0 Å². The highest BCUT2D eigenvalue weighted by atomic mass is 16.3. The Bertz CT molecular complexity index is 384. The first-order valence-corrected chi connectivity index (χ1v) is 6.07. The van der Waals surface area contributed by atoms with Gasteiger partial charge in [-0.05, 0) is 44.4 Å². The van der Waals surface area contributed by atoms with E-state index in [0.717, 1.165) is 17.5 Å². The Morgan fingerprint density at radius 3 is 2.35 bits per heavy atom. The summed E-state index contributed by atoms with van der Waals surface area (Å²) in [6.45, 7) is 8.68. The van der Waals surface area contributed by atoms with E-state index in [-0.39, 0.29) is 12.1 Å². The van der Waals surface area contributed by atoms with Crippen molar-refractivity contribution in [1.29, 1.82) is 0 Å². The Morgan fingerprint density at radius 1 is 1.24 bits per heavy atom. The number of aromatic hydroxyl groups is 1. The summed E-state index contributed by atoms with van der Waals surface area (Å²) in [6.07, 6.45) is 0.842. The van der Waals surface area contributed by atoms with Crippen molar-refractivity contribution < 1.29 is 10.2 Å². The van der Waals surface area contributed by atoms with Crippen LogP contribution < -0.4 is 5.32 Å². The number of hydrogen-bond acceptors (Lipinski definition) is 3. The lowest BCUT2D eigenvalue weighted by molar-refractivity contribution is 0.168. The lowest BCUT2D eigenvalue weighted by atomic mass is 9.99. The van der Waals surface area contributed by atoms with Crippen LogP contribution in [0, 0.1) is 13.8 Å². The summed E-state index contributed by atoms with van der Waals surface area (Å²) >= 11 is 0. The Kier molecular flexibility index (Phi) is 4.54. The van der Waals surface area contributed by atoms with Crippen molar-refractivity contribution in [2.24, 2.45) is 0 Å². The van der Waals surface area contributed by atoms with Gasteiger partial charge in [-0.15, -0.1) is 0 Å². The first kappa shape index (κ1) is 14.0. The van der Waals surface area contributed by atoms with E-state index >= 15 is 0 Å². The van der Waals surface area contributed by atoms with Gasteiger partial charge in [0.15, 0.2) is 0 Å². The normalized spacial score (nSPS) is 14.6. The fourth-order valence-electron chi connectivity index (χ4n) is 1.60. The van der Waals surface area contributed by atoms with Gasteiger partial charge in [-0.1, -0.05) is 13.0 Å². The summed E-state index contributed by atoms with van der Waals surface area (Å²) in [4.78, 5) is 0. The van der Waals surface area contributed by atoms with Crippen LogP contribution in [0.25, 0.3) is 0 Å². The van der Waals surface area contributed by atoms with Gasteiger partial charge in [-0.2, -0.15) is 0 Å². The molecule has 0 radical (unpaired) electrons. The van der Waals surface area contributed by atoms with Gasteiger partial charge in [0.05, 0.1) is 6.61 Å². The molecule has 17 heavy (non-hydrogen) atoms. The number of aliphatic hydroxyl groups is 1. The summed E-state index contributed by atoms with van der Waals surface area (Å²) < 4.78 is 0. The van der Waals surface area contributed by atoms with Crippen LogP contribution >= 0.6 is 0 Å². The van der Waals surface area contributed by atoms with Crippen LogP contribution in [0.5, 0.6) is 5.75 Å². The van der Waals surface area contributed by atoms with E-state index in [9.17, 15) is 10.2 Å². The largest absolute Gasteiger partial charge is 0.508 e. The van der Waals surface area contributed by atoms with E-state index in [0.29, 0.717) is 12.3 Å². The molecule has 1 aromatic rings. The van der Waals surface area contributed by atoms with Gasteiger partial charge in [-0.25, -0.2) is 0 Å². The van der Waals surface area contributed by atoms with Crippen molar-refractivity contribution in [2.75, 3.05) is 6.61 Å². The minimum atomic E-state index is -0.286. The Hall–Kier alpha value is -1.06. The van der Waals surface area contributed by atoms with Gasteiger partial charge in [0.1, 0.15) is 5.75 Å². The topological polar surface area (TPSA) is 52.5 Å². The molecule has 0 aliphatic rings. The van der Waals surface area contributed by atoms with E-state index in [1.54, 1.807) is 6.07 Å².